The number of nitrogens with zero attached hydrogens (tertiary/aromatic N) is 5. The molecule has 0 unspecified atom stereocenters. The summed E-state index contributed by atoms with van der Waals surface area (Å²) in [6.07, 6.45) is 1.44. The van der Waals surface area contributed by atoms with Crippen LogP contribution >= 0.6 is 11.6 Å². The van der Waals surface area contributed by atoms with Gasteiger partial charge in [0.1, 0.15) is 6.33 Å². The highest BCUT2D eigenvalue weighted by atomic mass is 35.5. The third-order valence-corrected chi connectivity index (χ3v) is 4.31. The van der Waals surface area contributed by atoms with Crippen LogP contribution < -0.4 is 15.2 Å². The standard InChI is InChI=1S/C18H15ClN6O2/c1-26-14-7-12-13(8-15(14)27-2)21-9-22-17(12)25-18(20)23-16(24-25)10-3-5-11(19)6-4-10/h3-9H,1-2H3,(H2,20,23,24). The summed E-state index contributed by atoms with van der Waals surface area (Å²) in [4.78, 5) is 13.0. The fourth-order valence-corrected chi connectivity index (χ4v) is 2.87. The second kappa shape index (κ2) is 6.73. The molecule has 0 saturated heterocycles. The first-order valence-electron chi connectivity index (χ1n) is 7.96. The topological polar surface area (TPSA) is 101 Å². The van der Waals surface area contributed by atoms with Gasteiger partial charge in [-0.3, -0.25) is 0 Å². The number of methoxy groups -OCH3 is 2. The van der Waals surface area contributed by atoms with E-state index in [2.05, 4.69) is 20.1 Å². The Morgan fingerprint density at radius 1 is 1.00 bits per heavy atom. The zero-order valence-corrected chi connectivity index (χ0v) is 15.3. The van der Waals surface area contributed by atoms with Crippen molar-refractivity contribution < 1.29 is 9.47 Å². The quantitative estimate of drug-likeness (QED) is 0.578. The molecule has 0 bridgehead atoms. The zero-order chi connectivity index (χ0) is 19.0. The van der Waals surface area contributed by atoms with Crippen molar-refractivity contribution in [3.05, 3.63) is 47.7 Å². The van der Waals surface area contributed by atoms with Crippen molar-refractivity contribution in [3.8, 4) is 28.7 Å². The number of aromatic nitrogens is 5. The van der Waals surface area contributed by atoms with Gasteiger partial charge in [0.2, 0.25) is 5.95 Å². The smallest absolute Gasteiger partial charge is 0.225 e. The van der Waals surface area contributed by atoms with E-state index in [9.17, 15) is 0 Å². The Labute approximate surface area is 159 Å². The number of ether oxygens (including phenoxy) is 2. The molecule has 0 spiro atoms. The molecule has 0 radical (unpaired) electrons. The molecule has 0 aliphatic heterocycles. The van der Waals surface area contributed by atoms with Crippen LogP contribution in [0.1, 0.15) is 0 Å². The number of hydrogen-bond donors (Lipinski definition) is 1. The van der Waals surface area contributed by atoms with E-state index in [1.807, 2.05) is 12.1 Å². The van der Waals surface area contributed by atoms with Crippen LogP contribution in [0, 0.1) is 0 Å². The fraction of sp³-hybridized carbons (Fsp3) is 0.111. The van der Waals surface area contributed by atoms with Crippen molar-refractivity contribution in [3.63, 3.8) is 0 Å². The SMILES string of the molecule is COc1cc2ncnc(-n3nc(-c4ccc(Cl)cc4)nc3N)c2cc1OC. The summed E-state index contributed by atoms with van der Waals surface area (Å²) < 4.78 is 12.2. The van der Waals surface area contributed by atoms with E-state index < -0.39 is 0 Å². The number of hydrogen-bond acceptors (Lipinski definition) is 7. The second-order valence-corrected chi connectivity index (χ2v) is 6.07. The van der Waals surface area contributed by atoms with Crippen LogP contribution in [0.3, 0.4) is 0 Å². The lowest BCUT2D eigenvalue weighted by atomic mass is 10.2. The molecule has 0 fully saturated rings. The van der Waals surface area contributed by atoms with E-state index in [4.69, 9.17) is 26.8 Å². The molecule has 9 heteroatoms. The zero-order valence-electron chi connectivity index (χ0n) is 14.5. The number of halogens is 1. The van der Waals surface area contributed by atoms with Crippen LogP contribution in [-0.2, 0) is 0 Å². The summed E-state index contributed by atoms with van der Waals surface area (Å²) in [5, 5.41) is 5.84. The maximum absolute atomic E-state index is 6.11. The predicted octanol–water partition coefficient (Wildman–Crippen LogP) is 3.13. The first-order chi connectivity index (χ1) is 13.1. The molecule has 0 amide bonds. The molecule has 2 aromatic carbocycles. The van der Waals surface area contributed by atoms with Gasteiger partial charge in [0, 0.05) is 22.0 Å². The summed E-state index contributed by atoms with van der Waals surface area (Å²) in [7, 11) is 3.13. The fourth-order valence-electron chi connectivity index (χ4n) is 2.74. The normalized spacial score (nSPS) is 10.9. The molecule has 4 aromatic rings. The van der Waals surface area contributed by atoms with Gasteiger partial charge in [-0.25, -0.2) is 9.97 Å². The number of fused-ring (bicyclic) bond motifs is 1. The molecule has 136 valence electrons. The molecule has 4 rings (SSSR count). The third-order valence-electron chi connectivity index (χ3n) is 4.05. The molecule has 8 nitrogen and oxygen atoms in total. The molecule has 0 atom stereocenters. The van der Waals surface area contributed by atoms with Crippen molar-refractivity contribution in [2.75, 3.05) is 20.0 Å². The van der Waals surface area contributed by atoms with Crippen molar-refractivity contribution in [2.24, 2.45) is 0 Å². The van der Waals surface area contributed by atoms with Gasteiger partial charge < -0.3 is 15.2 Å². The summed E-state index contributed by atoms with van der Waals surface area (Å²) in [5.74, 6) is 2.29. The van der Waals surface area contributed by atoms with Gasteiger partial charge in [0.25, 0.3) is 0 Å². The maximum atomic E-state index is 6.11. The molecular weight excluding hydrogens is 368 g/mol. The second-order valence-electron chi connectivity index (χ2n) is 5.63. The van der Waals surface area contributed by atoms with Crippen LogP contribution in [0.5, 0.6) is 11.5 Å². The summed E-state index contributed by atoms with van der Waals surface area (Å²) >= 11 is 5.94. The van der Waals surface area contributed by atoms with Gasteiger partial charge in [0.05, 0.1) is 19.7 Å². The van der Waals surface area contributed by atoms with E-state index in [0.717, 1.165) is 5.56 Å². The van der Waals surface area contributed by atoms with E-state index in [1.165, 1.54) is 11.0 Å². The lowest BCUT2D eigenvalue weighted by Gasteiger charge is -2.11. The van der Waals surface area contributed by atoms with Crippen LogP contribution in [0.15, 0.2) is 42.7 Å². The average Bonchev–Trinajstić information content (AvgIpc) is 3.08. The van der Waals surface area contributed by atoms with Crippen molar-refractivity contribution in [1.29, 1.82) is 0 Å². The first-order valence-corrected chi connectivity index (χ1v) is 8.34. The van der Waals surface area contributed by atoms with Crippen molar-refractivity contribution in [2.45, 2.75) is 0 Å². The van der Waals surface area contributed by atoms with E-state index in [1.54, 1.807) is 38.5 Å². The van der Waals surface area contributed by atoms with Crippen LogP contribution in [0.25, 0.3) is 28.1 Å². The Bertz CT molecular complexity index is 1130. The van der Waals surface area contributed by atoms with Crippen LogP contribution in [-0.4, -0.2) is 39.0 Å². The van der Waals surface area contributed by atoms with Crippen LogP contribution in [0.2, 0.25) is 5.02 Å². The van der Waals surface area contributed by atoms with Gasteiger partial charge in [-0.2, -0.15) is 9.67 Å². The van der Waals surface area contributed by atoms with Crippen molar-refractivity contribution >= 4 is 28.5 Å². The Morgan fingerprint density at radius 2 is 1.70 bits per heavy atom. The summed E-state index contributed by atoms with van der Waals surface area (Å²) in [6.45, 7) is 0. The van der Waals surface area contributed by atoms with Gasteiger partial charge >= 0.3 is 0 Å². The molecule has 0 aliphatic carbocycles. The number of anilines is 1. The lowest BCUT2D eigenvalue weighted by Crippen LogP contribution is -2.06. The Kier molecular flexibility index (Phi) is 4.25. The third kappa shape index (κ3) is 3.00. The molecule has 0 saturated carbocycles. The van der Waals surface area contributed by atoms with Crippen molar-refractivity contribution in [1.82, 2.24) is 24.7 Å². The number of nitrogen functional groups attached to an aromatic ring is 1. The Morgan fingerprint density at radius 3 is 2.41 bits per heavy atom. The lowest BCUT2D eigenvalue weighted by molar-refractivity contribution is 0.355. The minimum Gasteiger partial charge on any atom is -0.493 e. The monoisotopic (exact) mass is 382 g/mol. The highest BCUT2D eigenvalue weighted by molar-refractivity contribution is 6.30. The van der Waals surface area contributed by atoms with Gasteiger partial charge in [-0.05, 0) is 30.3 Å². The van der Waals surface area contributed by atoms with E-state index in [0.29, 0.717) is 39.1 Å². The average molecular weight is 383 g/mol. The molecule has 2 N–H and O–H groups in total. The molecule has 0 aliphatic rings. The minimum absolute atomic E-state index is 0.203. The molecular formula is C18H15ClN6O2. The predicted molar refractivity (Wildman–Crippen MR) is 102 cm³/mol. The van der Waals surface area contributed by atoms with E-state index >= 15 is 0 Å². The molecule has 27 heavy (non-hydrogen) atoms. The Hall–Kier alpha value is -3.39. The van der Waals surface area contributed by atoms with E-state index in [-0.39, 0.29) is 5.95 Å². The number of nitrogens with two attached hydrogens (primary N) is 1. The van der Waals surface area contributed by atoms with Gasteiger partial charge in [0.15, 0.2) is 23.1 Å². The van der Waals surface area contributed by atoms with Gasteiger partial charge in [-0.15, -0.1) is 5.10 Å². The number of benzene rings is 2. The maximum Gasteiger partial charge on any atom is 0.225 e. The minimum atomic E-state index is 0.203. The highest BCUT2D eigenvalue weighted by Crippen LogP contribution is 2.33. The Balaban J connectivity index is 1.88. The first kappa shape index (κ1) is 17.0. The highest BCUT2D eigenvalue weighted by Gasteiger charge is 2.17. The summed E-state index contributed by atoms with van der Waals surface area (Å²) in [6, 6.07) is 10.7. The van der Waals surface area contributed by atoms with Crippen LogP contribution in [0.4, 0.5) is 5.95 Å². The van der Waals surface area contributed by atoms with Gasteiger partial charge in [-0.1, -0.05) is 11.6 Å². The number of rotatable bonds is 4. The molecule has 2 aromatic heterocycles. The molecule has 2 heterocycles. The summed E-state index contributed by atoms with van der Waals surface area (Å²) in [5.41, 5.74) is 7.57. The largest absolute Gasteiger partial charge is 0.493 e.